The van der Waals surface area contributed by atoms with Gasteiger partial charge in [0.25, 0.3) is 5.69 Å². The SMILES string of the molecule is CCCCCCCCCCOC(=O)CCCC(=O)OCc1ccc([N+](=O)[O-])cc1. The minimum Gasteiger partial charge on any atom is -0.466 e. The molecule has 162 valence electrons. The number of nitrogens with zero attached hydrogens (tertiary/aromatic N) is 1. The van der Waals surface area contributed by atoms with Gasteiger partial charge in [-0.15, -0.1) is 0 Å². The Morgan fingerprint density at radius 1 is 0.828 bits per heavy atom. The van der Waals surface area contributed by atoms with Gasteiger partial charge in [0.15, 0.2) is 0 Å². The van der Waals surface area contributed by atoms with Gasteiger partial charge in [-0.3, -0.25) is 19.7 Å². The van der Waals surface area contributed by atoms with Crippen molar-refractivity contribution in [3.8, 4) is 0 Å². The second-order valence-electron chi connectivity index (χ2n) is 7.13. The number of carbonyl (C=O) groups excluding carboxylic acids is 2. The Bertz CT molecular complexity index is 614. The molecule has 0 amide bonds. The average molecular weight is 408 g/mol. The number of benzene rings is 1. The number of unbranched alkanes of at least 4 members (excludes halogenated alkanes) is 7. The first-order valence-corrected chi connectivity index (χ1v) is 10.6. The van der Waals surface area contributed by atoms with Crippen LogP contribution in [0, 0.1) is 10.1 Å². The van der Waals surface area contributed by atoms with Gasteiger partial charge in [0, 0.05) is 25.0 Å². The summed E-state index contributed by atoms with van der Waals surface area (Å²) in [5.74, 6) is -0.685. The van der Waals surface area contributed by atoms with Gasteiger partial charge >= 0.3 is 11.9 Å². The fourth-order valence-electron chi connectivity index (χ4n) is 2.82. The molecule has 0 atom stereocenters. The molecule has 0 unspecified atom stereocenters. The van der Waals surface area contributed by atoms with Crippen LogP contribution >= 0.6 is 0 Å². The van der Waals surface area contributed by atoms with E-state index in [4.69, 9.17) is 9.47 Å². The average Bonchev–Trinajstić information content (AvgIpc) is 2.71. The zero-order valence-corrected chi connectivity index (χ0v) is 17.4. The maximum absolute atomic E-state index is 11.7. The highest BCUT2D eigenvalue weighted by atomic mass is 16.6. The normalized spacial score (nSPS) is 10.5. The van der Waals surface area contributed by atoms with E-state index >= 15 is 0 Å². The minimum atomic E-state index is -0.483. The first kappa shape index (κ1) is 24.6. The van der Waals surface area contributed by atoms with E-state index in [9.17, 15) is 19.7 Å². The Morgan fingerprint density at radius 2 is 1.38 bits per heavy atom. The molecule has 0 aliphatic rings. The summed E-state index contributed by atoms with van der Waals surface area (Å²) < 4.78 is 10.3. The van der Waals surface area contributed by atoms with Crippen LogP contribution in [0.5, 0.6) is 0 Å². The molecule has 1 aromatic rings. The molecule has 0 N–H and O–H groups in total. The zero-order chi connectivity index (χ0) is 21.3. The Kier molecular flexibility index (Phi) is 13.1. The van der Waals surface area contributed by atoms with Crippen LogP contribution in [-0.2, 0) is 25.7 Å². The summed E-state index contributed by atoms with van der Waals surface area (Å²) in [5, 5.41) is 10.6. The molecular formula is C22H33NO6. The van der Waals surface area contributed by atoms with E-state index in [1.54, 1.807) is 12.1 Å². The number of nitro benzene ring substituents is 1. The third kappa shape index (κ3) is 12.6. The standard InChI is InChI=1S/C22H33NO6/c1-2-3-4-5-6-7-8-9-17-28-21(24)11-10-12-22(25)29-18-19-13-15-20(16-14-19)23(26)27/h13-16H,2-12,17-18H2,1H3. The van der Waals surface area contributed by atoms with Crippen LogP contribution in [0.15, 0.2) is 24.3 Å². The molecule has 0 heterocycles. The van der Waals surface area contributed by atoms with Crippen LogP contribution in [0.4, 0.5) is 5.69 Å². The fraction of sp³-hybridized carbons (Fsp3) is 0.636. The summed E-state index contributed by atoms with van der Waals surface area (Å²) >= 11 is 0. The van der Waals surface area contributed by atoms with Gasteiger partial charge in [-0.1, -0.05) is 51.9 Å². The number of rotatable bonds is 16. The number of esters is 2. The van der Waals surface area contributed by atoms with Crippen LogP contribution in [0.25, 0.3) is 0 Å². The highest BCUT2D eigenvalue weighted by Crippen LogP contribution is 2.13. The summed E-state index contributed by atoms with van der Waals surface area (Å²) in [6, 6.07) is 5.83. The molecule has 7 heteroatoms. The number of hydrogen-bond donors (Lipinski definition) is 0. The molecule has 0 saturated carbocycles. The number of hydrogen-bond acceptors (Lipinski definition) is 6. The molecule has 0 bridgehead atoms. The summed E-state index contributed by atoms with van der Waals surface area (Å²) in [5.41, 5.74) is 0.666. The van der Waals surface area contributed by atoms with Crippen molar-refractivity contribution in [2.24, 2.45) is 0 Å². The zero-order valence-electron chi connectivity index (χ0n) is 17.4. The second-order valence-corrected chi connectivity index (χ2v) is 7.13. The van der Waals surface area contributed by atoms with Crippen molar-refractivity contribution >= 4 is 17.6 Å². The van der Waals surface area contributed by atoms with Crippen molar-refractivity contribution in [1.29, 1.82) is 0 Å². The van der Waals surface area contributed by atoms with Crippen molar-refractivity contribution in [1.82, 2.24) is 0 Å². The van der Waals surface area contributed by atoms with E-state index in [-0.39, 0.29) is 31.1 Å². The molecular weight excluding hydrogens is 374 g/mol. The Hall–Kier alpha value is -2.44. The van der Waals surface area contributed by atoms with E-state index < -0.39 is 10.9 Å². The van der Waals surface area contributed by atoms with Crippen molar-refractivity contribution in [2.45, 2.75) is 84.2 Å². The van der Waals surface area contributed by atoms with E-state index in [1.165, 1.54) is 50.7 Å². The molecule has 0 radical (unpaired) electrons. The first-order valence-electron chi connectivity index (χ1n) is 10.6. The maximum Gasteiger partial charge on any atom is 0.306 e. The van der Waals surface area contributed by atoms with Gasteiger partial charge in [-0.05, 0) is 30.5 Å². The fourth-order valence-corrected chi connectivity index (χ4v) is 2.82. The van der Waals surface area contributed by atoms with Gasteiger partial charge in [-0.2, -0.15) is 0 Å². The Balaban J connectivity index is 2.00. The Labute approximate surface area is 172 Å². The smallest absolute Gasteiger partial charge is 0.306 e. The predicted octanol–water partition coefficient (Wildman–Crippen LogP) is 5.49. The monoisotopic (exact) mass is 407 g/mol. The van der Waals surface area contributed by atoms with Gasteiger partial charge in [0.1, 0.15) is 6.61 Å². The third-order valence-corrected chi connectivity index (χ3v) is 4.57. The molecule has 0 aliphatic heterocycles. The number of nitro groups is 1. The van der Waals surface area contributed by atoms with Crippen molar-refractivity contribution in [3.05, 3.63) is 39.9 Å². The summed E-state index contributed by atoms with van der Waals surface area (Å²) in [6.45, 7) is 2.71. The molecule has 1 rings (SSSR count). The van der Waals surface area contributed by atoms with Gasteiger partial charge in [0.2, 0.25) is 0 Å². The summed E-state index contributed by atoms with van der Waals surface area (Å²) in [7, 11) is 0. The summed E-state index contributed by atoms with van der Waals surface area (Å²) in [6.07, 6.45) is 10.3. The Morgan fingerprint density at radius 3 is 1.97 bits per heavy atom. The molecule has 0 spiro atoms. The molecule has 0 fully saturated rings. The molecule has 29 heavy (non-hydrogen) atoms. The molecule has 0 aliphatic carbocycles. The highest BCUT2D eigenvalue weighted by Gasteiger charge is 2.09. The first-order chi connectivity index (χ1) is 14.0. The van der Waals surface area contributed by atoms with Gasteiger partial charge in [-0.25, -0.2) is 0 Å². The molecule has 7 nitrogen and oxygen atoms in total. The van der Waals surface area contributed by atoms with E-state index in [0.29, 0.717) is 18.6 Å². The lowest BCUT2D eigenvalue weighted by Crippen LogP contribution is -2.09. The van der Waals surface area contributed by atoms with Gasteiger partial charge in [0.05, 0.1) is 11.5 Å². The molecule has 1 aromatic carbocycles. The number of carbonyl (C=O) groups is 2. The number of ether oxygens (including phenoxy) is 2. The largest absolute Gasteiger partial charge is 0.466 e. The van der Waals surface area contributed by atoms with Crippen molar-refractivity contribution in [3.63, 3.8) is 0 Å². The minimum absolute atomic E-state index is 0.00874. The predicted molar refractivity (Wildman–Crippen MR) is 110 cm³/mol. The lowest BCUT2D eigenvalue weighted by molar-refractivity contribution is -0.384. The van der Waals surface area contributed by atoms with E-state index in [2.05, 4.69) is 6.92 Å². The van der Waals surface area contributed by atoms with Crippen LogP contribution < -0.4 is 0 Å². The van der Waals surface area contributed by atoms with Crippen LogP contribution in [0.1, 0.15) is 83.1 Å². The summed E-state index contributed by atoms with van der Waals surface area (Å²) in [4.78, 5) is 33.5. The van der Waals surface area contributed by atoms with Crippen molar-refractivity contribution in [2.75, 3.05) is 6.61 Å². The highest BCUT2D eigenvalue weighted by molar-refractivity contribution is 5.72. The van der Waals surface area contributed by atoms with Gasteiger partial charge < -0.3 is 9.47 Å². The second kappa shape index (κ2) is 15.5. The van der Waals surface area contributed by atoms with E-state index in [0.717, 1.165) is 12.8 Å². The third-order valence-electron chi connectivity index (χ3n) is 4.57. The lowest BCUT2D eigenvalue weighted by Gasteiger charge is -2.06. The topological polar surface area (TPSA) is 95.7 Å². The molecule has 0 aromatic heterocycles. The quantitative estimate of drug-likeness (QED) is 0.155. The van der Waals surface area contributed by atoms with Crippen LogP contribution in [-0.4, -0.2) is 23.5 Å². The van der Waals surface area contributed by atoms with Crippen molar-refractivity contribution < 1.29 is 24.0 Å². The molecule has 0 saturated heterocycles. The lowest BCUT2D eigenvalue weighted by atomic mass is 10.1. The number of non-ortho nitro benzene ring substituents is 1. The maximum atomic E-state index is 11.7. The van der Waals surface area contributed by atoms with Crippen LogP contribution in [0.2, 0.25) is 0 Å². The van der Waals surface area contributed by atoms with Crippen LogP contribution in [0.3, 0.4) is 0 Å². The van der Waals surface area contributed by atoms with E-state index in [1.807, 2.05) is 0 Å².